The molecule has 0 amide bonds. The molecule has 0 fully saturated rings. The molecule has 0 unspecified atom stereocenters. The second-order valence-electron chi connectivity index (χ2n) is 3.00. The number of pyridine rings is 1. The number of nitrogens with zero attached hydrogens (tertiary/aromatic N) is 2. The molecule has 3 heteroatoms. The van der Waals surface area contributed by atoms with Crippen LogP contribution in [0.25, 0.3) is 0 Å². The van der Waals surface area contributed by atoms with E-state index < -0.39 is 0 Å². The van der Waals surface area contributed by atoms with Crippen LogP contribution in [0.1, 0.15) is 26.5 Å². The van der Waals surface area contributed by atoms with Gasteiger partial charge in [0.25, 0.3) is 0 Å². The summed E-state index contributed by atoms with van der Waals surface area (Å²) >= 11 is 0. The largest absolute Gasteiger partial charge is 0.263 e. The Balaban J connectivity index is 0.00000106. The van der Waals surface area contributed by atoms with Crippen LogP contribution in [0.3, 0.4) is 0 Å². The van der Waals surface area contributed by atoms with Crippen molar-refractivity contribution in [3.63, 3.8) is 0 Å². The molecule has 0 radical (unpaired) electrons. The zero-order chi connectivity index (χ0) is 12.6. The van der Waals surface area contributed by atoms with Gasteiger partial charge >= 0.3 is 0 Å². The standard InChI is InChI=1S/C11H15N3.C2H6/c1-4-6-10(3)14(12)11-8-5-7-9(2)13-11;1-2/h4-8H,3,12H2,1-2H3;1-2H3/b6-4-;. The summed E-state index contributed by atoms with van der Waals surface area (Å²) in [5.41, 5.74) is 1.65. The van der Waals surface area contributed by atoms with E-state index in [2.05, 4.69) is 11.6 Å². The average molecular weight is 219 g/mol. The third-order valence-corrected chi connectivity index (χ3v) is 1.79. The maximum absolute atomic E-state index is 5.81. The fraction of sp³-hybridized carbons (Fsp3) is 0.308. The molecule has 0 aliphatic rings. The molecule has 0 saturated carbocycles. The zero-order valence-corrected chi connectivity index (χ0v) is 10.6. The van der Waals surface area contributed by atoms with Crippen LogP contribution < -0.4 is 10.9 Å². The van der Waals surface area contributed by atoms with E-state index in [4.69, 9.17) is 5.84 Å². The van der Waals surface area contributed by atoms with Gasteiger partial charge in [0, 0.05) is 5.69 Å². The van der Waals surface area contributed by atoms with Gasteiger partial charge in [0.1, 0.15) is 5.82 Å². The molecule has 0 aromatic carbocycles. The highest BCUT2D eigenvalue weighted by atomic mass is 15.4. The number of rotatable bonds is 3. The van der Waals surface area contributed by atoms with Gasteiger partial charge < -0.3 is 0 Å². The van der Waals surface area contributed by atoms with Gasteiger partial charge in [-0.15, -0.1) is 0 Å². The van der Waals surface area contributed by atoms with Crippen LogP contribution in [0.15, 0.2) is 42.6 Å². The minimum absolute atomic E-state index is 0.702. The van der Waals surface area contributed by atoms with Crippen LogP contribution in [0.4, 0.5) is 5.82 Å². The quantitative estimate of drug-likeness (QED) is 0.482. The Labute approximate surface area is 98.3 Å². The van der Waals surface area contributed by atoms with Crippen LogP contribution in [-0.4, -0.2) is 4.98 Å². The summed E-state index contributed by atoms with van der Waals surface area (Å²) in [5, 5.41) is 1.47. The molecule has 2 N–H and O–H groups in total. The summed E-state index contributed by atoms with van der Waals surface area (Å²) in [4.78, 5) is 4.28. The summed E-state index contributed by atoms with van der Waals surface area (Å²) in [6, 6.07) is 5.69. The molecule has 1 heterocycles. The fourth-order valence-corrected chi connectivity index (χ4v) is 1.08. The molecule has 0 atom stereocenters. The monoisotopic (exact) mass is 219 g/mol. The minimum Gasteiger partial charge on any atom is -0.263 e. The van der Waals surface area contributed by atoms with Crippen LogP contribution in [0.2, 0.25) is 0 Å². The van der Waals surface area contributed by atoms with Gasteiger partial charge in [-0.3, -0.25) is 5.01 Å². The van der Waals surface area contributed by atoms with Crippen molar-refractivity contribution >= 4 is 5.82 Å². The Kier molecular flexibility index (Phi) is 6.88. The van der Waals surface area contributed by atoms with Crippen LogP contribution in [-0.2, 0) is 0 Å². The lowest BCUT2D eigenvalue weighted by Crippen LogP contribution is -2.29. The van der Waals surface area contributed by atoms with Gasteiger partial charge in [0.2, 0.25) is 0 Å². The number of aryl methyl sites for hydroxylation is 1. The predicted molar refractivity (Wildman–Crippen MR) is 70.9 cm³/mol. The van der Waals surface area contributed by atoms with E-state index in [9.17, 15) is 0 Å². The fourth-order valence-electron chi connectivity index (χ4n) is 1.08. The molecule has 1 aromatic rings. The number of hydrogen-bond acceptors (Lipinski definition) is 3. The number of hydrazine groups is 1. The van der Waals surface area contributed by atoms with Gasteiger partial charge in [-0.25, -0.2) is 10.8 Å². The van der Waals surface area contributed by atoms with Crippen molar-refractivity contribution in [1.82, 2.24) is 4.98 Å². The van der Waals surface area contributed by atoms with Crippen LogP contribution in [0.5, 0.6) is 0 Å². The van der Waals surface area contributed by atoms with E-state index in [1.807, 2.05) is 58.0 Å². The van der Waals surface area contributed by atoms with Gasteiger partial charge in [-0.05, 0) is 32.1 Å². The summed E-state index contributed by atoms with van der Waals surface area (Å²) in [5.74, 6) is 6.52. The lowest BCUT2D eigenvalue weighted by molar-refractivity contribution is 0.979. The van der Waals surface area contributed by atoms with Crippen molar-refractivity contribution < 1.29 is 0 Å². The summed E-state index contributed by atoms with van der Waals surface area (Å²) in [7, 11) is 0. The van der Waals surface area contributed by atoms with E-state index in [1.54, 1.807) is 0 Å². The maximum Gasteiger partial charge on any atom is 0.147 e. The molecular formula is C13H21N3. The van der Waals surface area contributed by atoms with Crippen LogP contribution >= 0.6 is 0 Å². The smallest absolute Gasteiger partial charge is 0.147 e. The zero-order valence-electron chi connectivity index (χ0n) is 10.6. The van der Waals surface area contributed by atoms with Crippen molar-refractivity contribution in [2.75, 3.05) is 5.01 Å². The number of aromatic nitrogens is 1. The van der Waals surface area contributed by atoms with E-state index in [1.165, 1.54) is 5.01 Å². The number of allylic oxidation sites excluding steroid dienone is 2. The van der Waals surface area contributed by atoms with Crippen molar-refractivity contribution in [3.8, 4) is 0 Å². The third-order valence-electron chi connectivity index (χ3n) is 1.79. The first-order valence-electron chi connectivity index (χ1n) is 5.45. The molecule has 0 aliphatic heterocycles. The van der Waals surface area contributed by atoms with E-state index >= 15 is 0 Å². The second kappa shape index (κ2) is 7.65. The first-order valence-corrected chi connectivity index (χ1v) is 5.45. The summed E-state index contributed by atoms with van der Waals surface area (Å²) in [6.45, 7) is 11.7. The number of nitrogens with two attached hydrogens (primary N) is 1. The molecule has 0 spiro atoms. The summed E-state index contributed by atoms with van der Waals surface area (Å²) < 4.78 is 0. The van der Waals surface area contributed by atoms with Crippen molar-refractivity contribution in [2.24, 2.45) is 5.84 Å². The molecule has 16 heavy (non-hydrogen) atoms. The van der Waals surface area contributed by atoms with Crippen molar-refractivity contribution in [2.45, 2.75) is 27.7 Å². The Morgan fingerprint density at radius 3 is 2.56 bits per heavy atom. The van der Waals surface area contributed by atoms with Gasteiger partial charge in [0.05, 0.1) is 5.70 Å². The highest BCUT2D eigenvalue weighted by Crippen LogP contribution is 2.12. The predicted octanol–water partition coefficient (Wildman–Crippen LogP) is 3.19. The lowest BCUT2D eigenvalue weighted by Gasteiger charge is -2.17. The van der Waals surface area contributed by atoms with E-state index in [-0.39, 0.29) is 0 Å². The summed E-state index contributed by atoms with van der Waals surface area (Å²) in [6.07, 6.45) is 3.72. The van der Waals surface area contributed by atoms with Gasteiger partial charge in [-0.1, -0.05) is 32.6 Å². The molecule has 88 valence electrons. The first kappa shape index (κ1) is 14.4. The lowest BCUT2D eigenvalue weighted by atomic mass is 10.3. The first-order chi connectivity index (χ1) is 7.65. The van der Waals surface area contributed by atoms with Crippen LogP contribution in [0, 0.1) is 6.92 Å². The highest BCUT2D eigenvalue weighted by molar-refractivity contribution is 5.46. The van der Waals surface area contributed by atoms with Crippen molar-refractivity contribution in [3.05, 3.63) is 48.3 Å². The van der Waals surface area contributed by atoms with Crippen molar-refractivity contribution in [1.29, 1.82) is 0 Å². The number of anilines is 1. The molecule has 0 bridgehead atoms. The molecule has 1 aromatic heterocycles. The minimum atomic E-state index is 0.702. The maximum atomic E-state index is 5.81. The molecule has 1 rings (SSSR count). The Morgan fingerprint density at radius 1 is 1.44 bits per heavy atom. The molecule has 0 saturated heterocycles. The SMILES string of the molecule is C=C(/C=C\C)N(N)c1cccc(C)n1.CC. The third kappa shape index (κ3) is 4.28. The van der Waals surface area contributed by atoms with E-state index in [0.717, 1.165) is 5.69 Å². The van der Waals surface area contributed by atoms with E-state index in [0.29, 0.717) is 11.5 Å². The molecule has 0 aliphatic carbocycles. The Morgan fingerprint density at radius 2 is 2.06 bits per heavy atom. The number of hydrogen-bond donors (Lipinski definition) is 1. The molecular weight excluding hydrogens is 198 g/mol. The Bertz CT molecular complexity index is 356. The normalized spacial score (nSPS) is 9.56. The Hall–Kier alpha value is -1.61. The topological polar surface area (TPSA) is 42.1 Å². The second-order valence-corrected chi connectivity index (χ2v) is 3.00. The molecule has 3 nitrogen and oxygen atoms in total. The van der Waals surface area contributed by atoms with Gasteiger partial charge in [-0.2, -0.15) is 0 Å². The van der Waals surface area contributed by atoms with Gasteiger partial charge in [0.15, 0.2) is 0 Å². The highest BCUT2D eigenvalue weighted by Gasteiger charge is 2.03. The average Bonchev–Trinajstić information content (AvgIpc) is 2.31.